The monoisotopic (exact) mass is 352 g/mol. The minimum Gasteiger partial charge on any atom is -0.494 e. The zero-order valence-electron chi connectivity index (χ0n) is 15.0. The predicted octanol–water partition coefficient (Wildman–Crippen LogP) is 2.94. The Balaban J connectivity index is 1.51. The lowest BCUT2D eigenvalue weighted by Gasteiger charge is -2.17. The summed E-state index contributed by atoms with van der Waals surface area (Å²) in [4.78, 5) is 26.2. The molecule has 0 spiro atoms. The van der Waals surface area contributed by atoms with Crippen LogP contribution in [-0.4, -0.2) is 31.0 Å². The number of carbonyl (C=O) groups is 2. The first-order chi connectivity index (χ1) is 12.7. The summed E-state index contributed by atoms with van der Waals surface area (Å²) in [6.45, 7) is 3.05. The number of aryl methyl sites for hydroxylation is 1. The highest BCUT2D eigenvalue weighted by molar-refractivity contribution is 5.96. The Morgan fingerprint density at radius 2 is 1.88 bits per heavy atom. The highest BCUT2D eigenvalue weighted by Crippen LogP contribution is 2.24. The van der Waals surface area contributed by atoms with E-state index in [1.54, 1.807) is 4.90 Å². The Bertz CT molecular complexity index is 744. The van der Waals surface area contributed by atoms with E-state index in [1.165, 1.54) is 0 Å². The third-order valence-corrected chi connectivity index (χ3v) is 4.43. The Labute approximate surface area is 154 Å². The Kier molecular flexibility index (Phi) is 5.89. The predicted molar refractivity (Wildman–Crippen MR) is 101 cm³/mol. The average Bonchev–Trinajstić information content (AvgIpc) is 3.02. The second kappa shape index (κ2) is 8.52. The van der Waals surface area contributed by atoms with Crippen LogP contribution in [0.5, 0.6) is 5.75 Å². The van der Waals surface area contributed by atoms with Gasteiger partial charge < -0.3 is 15.0 Å². The normalized spacial score (nSPS) is 16.6. The molecular weight excluding hydrogens is 328 g/mol. The summed E-state index contributed by atoms with van der Waals surface area (Å²) in [7, 11) is 0. The highest BCUT2D eigenvalue weighted by atomic mass is 16.5. The van der Waals surface area contributed by atoms with Crippen LogP contribution >= 0.6 is 0 Å². The Morgan fingerprint density at radius 3 is 2.58 bits per heavy atom. The molecule has 1 saturated heterocycles. The summed E-state index contributed by atoms with van der Waals surface area (Å²) < 4.78 is 5.43. The van der Waals surface area contributed by atoms with Gasteiger partial charge in [-0.15, -0.1) is 0 Å². The van der Waals surface area contributed by atoms with Gasteiger partial charge in [-0.25, -0.2) is 0 Å². The van der Waals surface area contributed by atoms with Crippen molar-refractivity contribution in [3.63, 3.8) is 0 Å². The van der Waals surface area contributed by atoms with E-state index in [0.29, 0.717) is 32.4 Å². The van der Waals surface area contributed by atoms with E-state index >= 15 is 0 Å². The summed E-state index contributed by atoms with van der Waals surface area (Å²) in [6.07, 6.45) is 1.47. The van der Waals surface area contributed by atoms with Gasteiger partial charge in [-0.3, -0.25) is 9.59 Å². The molecule has 0 aliphatic carbocycles. The fraction of sp³-hybridized carbons (Fsp3) is 0.333. The van der Waals surface area contributed by atoms with Gasteiger partial charge in [0.1, 0.15) is 5.75 Å². The van der Waals surface area contributed by atoms with E-state index in [1.807, 2.05) is 61.5 Å². The topological polar surface area (TPSA) is 58.6 Å². The fourth-order valence-electron chi connectivity index (χ4n) is 3.15. The third kappa shape index (κ3) is 4.63. The van der Waals surface area contributed by atoms with Crippen LogP contribution in [0.3, 0.4) is 0 Å². The minimum absolute atomic E-state index is 0.0137. The number of hydrogen-bond acceptors (Lipinski definition) is 3. The molecular formula is C21H24N2O3. The molecule has 136 valence electrons. The van der Waals surface area contributed by atoms with Crippen molar-refractivity contribution in [2.45, 2.75) is 32.2 Å². The SMILES string of the molecule is CCOc1ccc(N2C[C@H](NC(=O)CCc3ccccc3)CC2=O)cc1. The number of benzene rings is 2. The van der Waals surface area contributed by atoms with Crippen LogP contribution in [0, 0.1) is 0 Å². The second-order valence-electron chi connectivity index (χ2n) is 6.39. The lowest BCUT2D eigenvalue weighted by molar-refractivity contribution is -0.121. The summed E-state index contributed by atoms with van der Waals surface area (Å²) in [5, 5.41) is 2.98. The molecule has 3 rings (SSSR count). The van der Waals surface area contributed by atoms with Crippen LogP contribution in [-0.2, 0) is 16.0 Å². The summed E-state index contributed by atoms with van der Waals surface area (Å²) in [5.41, 5.74) is 1.97. The number of hydrogen-bond donors (Lipinski definition) is 1. The first-order valence-corrected chi connectivity index (χ1v) is 9.02. The number of nitrogens with zero attached hydrogens (tertiary/aromatic N) is 1. The maximum Gasteiger partial charge on any atom is 0.229 e. The van der Waals surface area contributed by atoms with Gasteiger partial charge in [-0.2, -0.15) is 0 Å². The van der Waals surface area contributed by atoms with Crippen LogP contribution in [0.15, 0.2) is 54.6 Å². The van der Waals surface area contributed by atoms with Crippen molar-refractivity contribution in [2.24, 2.45) is 0 Å². The van der Waals surface area contributed by atoms with Gasteiger partial charge in [-0.05, 0) is 43.2 Å². The first kappa shape index (κ1) is 18.0. The van der Waals surface area contributed by atoms with Crippen molar-refractivity contribution in [1.82, 2.24) is 5.32 Å². The molecule has 0 aromatic heterocycles. The van der Waals surface area contributed by atoms with E-state index < -0.39 is 0 Å². The van der Waals surface area contributed by atoms with Crippen molar-refractivity contribution < 1.29 is 14.3 Å². The zero-order chi connectivity index (χ0) is 18.4. The van der Waals surface area contributed by atoms with E-state index in [-0.39, 0.29) is 17.9 Å². The van der Waals surface area contributed by atoms with Crippen LogP contribution in [0.4, 0.5) is 5.69 Å². The molecule has 2 amide bonds. The molecule has 26 heavy (non-hydrogen) atoms. The highest BCUT2D eigenvalue weighted by Gasteiger charge is 2.31. The number of ether oxygens (including phenoxy) is 1. The van der Waals surface area contributed by atoms with Crippen molar-refractivity contribution in [1.29, 1.82) is 0 Å². The van der Waals surface area contributed by atoms with E-state index in [2.05, 4.69) is 5.32 Å². The van der Waals surface area contributed by atoms with Gasteiger partial charge in [0.25, 0.3) is 0 Å². The molecule has 1 N–H and O–H groups in total. The number of amides is 2. The number of carbonyl (C=O) groups excluding carboxylic acids is 2. The molecule has 2 aromatic rings. The molecule has 0 unspecified atom stereocenters. The molecule has 0 bridgehead atoms. The van der Waals surface area contributed by atoms with Gasteiger partial charge in [0, 0.05) is 25.1 Å². The molecule has 1 fully saturated rings. The number of nitrogens with one attached hydrogen (secondary N) is 1. The minimum atomic E-state index is -0.141. The fourth-order valence-corrected chi connectivity index (χ4v) is 3.15. The quantitative estimate of drug-likeness (QED) is 0.833. The van der Waals surface area contributed by atoms with Gasteiger partial charge in [0.2, 0.25) is 11.8 Å². The standard InChI is InChI=1S/C21H24N2O3/c1-2-26-19-11-9-18(10-12-19)23-15-17(14-21(23)25)22-20(24)13-8-16-6-4-3-5-7-16/h3-7,9-12,17H,2,8,13-15H2,1H3,(H,22,24)/t17-/m1/s1. The maximum atomic E-state index is 12.3. The largest absolute Gasteiger partial charge is 0.494 e. The number of rotatable bonds is 7. The zero-order valence-corrected chi connectivity index (χ0v) is 15.0. The van der Waals surface area contributed by atoms with Gasteiger partial charge in [0.05, 0.1) is 12.6 Å². The molecule has 0 radical (unpaired) electrons. The van der Waals surface area contributed by atoms with Crippen molar-refractivity contribution in [3.8, 4) is 5.75 Å². The lowest BCUT2D eigenvalue weighted by atomic mass is 10.1. The second-order valence-corrected chi connectivity index (χ2v) is 6.39. The first-order valence-electron chi connectivity index (χ1n) is 9.02. The molecule has 0 saturated carbocycles. The average molecular weight is 352 g/mol. The molecule has 5 nitrogen and oxygen atoms in total. The molecule has 1 aliphatic rings. The van der Waals surface area contributed by atoms with E-state index in [0.717, 1.165) is 17.0 Å². The summed E-state index contributed by atoms with van der Waals surface area (Å²) in [6, 6.07) is 17.3. The number of anilines is 1. The third-order valence-electron chi connectivity index (χ3n) is 4.43. The van der Waals surface area contributed by atoms with Crippen molar-refractivity contribution in [2.75, 3.05) is 18.1 Å². The molecule has 1 heterocycles. The van der Waals surface area contributed by atoms with Gasteiger partial charge in [0.15, 0.2) is 0 Å². The van der Waals surface area contributed by atoms with Gasteiger partial charge in [-0.1, -0.05) is 30.3 Å². The summed E-state index contributed by atoms with van der Waals surface area (Å²) in [5.74, 6) is 0.802. The van der Waals surface area contributed by atoms with E-state index in [9.17, 15) is 9.59 Å². The molecule has 1 atom stereocenters. The Morgan fingerprint density at radius 1 is 1.15 bits per heavy atom. The lowest BCUT2D eigenvalue weighted by Crippen LogP contribution is -2.37. The van der Waals surface area contributed by atoms with E-state index in [4.69, 9.17) is 4.74 Å². The van der Waals surface area contributed by atoms with Crippen LogP contribution in [0.2, 0.25) is 0 Å². The van der Waals surface area contributed by atoms with Crippen molar-refractivity contribution >= 4 is 17.5 Å². The maximum absolute atomic E-state index is 12.3. The molecule has 1 aliphatic heterocycles. The van der Waals surface area contributed by atoms with Crippen LogP contribution in [0.1, 0.15) is 25.3 Å². The van der Waals surface area contributed by atoms with Gasteiger partial charge >= 0.3 is 0 Å². The van der Waals surface area contributed by atoms with Crippen LogP contribution in [0.25, 0.3) is 0 Å². The summed E-state index contributed by atoms with van der Waals surface area (Å²) >= 11 is 0. The van der Waals surface area contributed by atoms with Crippen LogP contribution < -0.4 is 15.0 Å². The van der Waals surface area contributed by atoms with Crippen molar-refractivity contribution in [3.05, 3.63) is 60.2 Å². The Hall–Kier alpha value is -2.82. The molecule has 5 heteroatoms. The smallest absolute Gasteiger partial charge is 0.229 e. The molecule has 2 aromatic carbocycles.